The molecule has 0 spiro atoms. The molecule has 35 heavy (non-hydrogen) atoms. The van der Waals surface area contributed by atoms with E-state index in [2.05, 4.69) is 15.5 Å². The van der Waals surface area contributed by atoms with Crippen LogP contribution in [0.2, 0.25) is 5.02 Å². The number of nitrogens with zero attached hydrogens (tertiary/aromatic N) is 4. The van der Waals surface area contributed by atoms with E-state index in [4.69, 9.17) is 16.3 Å². The van der Waals surface area contributed by atoms with Crippen molar-refractivity contribution in [3.8, 4) is 17.0 Å². The first-order valence-electron chi connectivity index (χ1n) is 10.8. The quantitative estimate of drug-likeness (QED) is 0.522. The van der Waals surface area contributed by atoms with Crippen LogP contribution in [0.3, 0.4) is 0 Å². The molecular weight excluding hydrogens is 494 g/mol. The molecule has 2 bridgehead atoms. The van der Waals surface area contributed by atoms with Gasteiger partial charge in [0.05, 0.1) is 28.6 Å². The Bertz CT molecular complexity index is 1330. The average Bonchev–Trinajstić information content (AvgIpc) is 3.40. The number of ether oxygens (including phenoxy) is 1. The topological polar surface area (TPSA) is 94.2 Å². The lowest BCUT2D eigenvalue weighted by molar-refractivity contribution is -0.212. The first kappa shape index (κ1) is 22.4. The summed E-state index contributed by atoms with van der Waals surface area (Å²) in [6.45, 7) is 0. The van der Waals surface area contributed by atoms with Gasteiger partial charge in [-0.15, -0.1) is 13.2 Å². The Morgan fingerprint density at radius 2 is 2.03 bits per heavy atom. The second-order valence-electron chi connectivity index (χ2n) is 9.47. The molecule has 0 unspecified atom stereocenters. The van der Waals surface area contributed by atoms with Gasteiger partial charge in [0.2, 0.25) is 0 Å². The Balaban J connectivity index is 1.10. The molecule has 3 aliphatic carbocycles. The summed E-state index contributed by atoms with van der Waals surface area (Å²) in [7, 11) is 0. The van der Waals surface area contributed by atoms with Gasteiger partial charge in [-0.25, -0.2) is 4.39 Å². The van der Waals surface area contributed by atoms with Crippen LogP contribution in [0.5, 0.6) is 5.75 Å². The van der Waals surface area contributed by atoms with Gasteiger partial charge in [-0.05, 0) is 31.4 Å². The molecule has 1 aromatic carbocycles. The fourth-order valence-electron chi connectivity index (χ4n) is 5.38. The Morgan fingerprint density at radius 1 is 1.29 bits per heavy atom. The second-order valence-corrected chi connectivity index (χ2v) is 9.88. The summed E-state index contributed by atoms with van der Waals surface area (Å²) < 4.78 is 59.5. The van der Waals surface area contributed by atoms with Crippen LogP contribution in [0.1, 0.15) is 37.4 Å². The van der Waals surface area contributed by atoms with Crippen LogP contribution in [-0.4, -0.2) is 42.2 Å². The zero-order valence-corrected chi connectivity index (χ0v) is 18.6. The SMILES string of the molecule is O=C(NC12CC(n3cc(-c4ccn(C(F)(F)F)n4)cn3)(C1)C2)[C@H]1C[C@@H](O)c2cc(Cl)c(F)cc2O1. The van der Waals surface area contributed by atoms with Gasteiger partial charge >= 0.3 is 6.30 Å². The van der Waals surface area contributed by atoms with Crippen LogP contribution in [-0.2, 0) is 16.6 Å². The van der Waals surface area contributed by atoms with Crippen LogP contribution < -0.4 is 10.1 Å². The number of benzene rings is 1. The molecule has 1 amide bonds. The third kappa shape index (κ3) is 3.49. The number of aliphatic hydroxyl groups excluding tert-OH is 1. The van der Waals surface area contributed by atoms with Crippen LogP contribution in [0.15, 0.2) is 36.8 Å². The minimum Gasteiger partial charge on any atom is -0.480 e. The molecule has 3 saturated carbocycles. The van der Waals surface area contributed by atoms with Gasteiger partial charge in [0.15, 0.2) is 6.10 Å². The van der Waals surface area contributed by atoms with Crippen molar-refractivity contribution in [3.05, 3.63) is 53.2 Å². The number of carbonyl (C=O) groups is 1. The second kappa shape index (κ2) is 7.20. The highest BCUT2D eigenvalue weighted by Gasteiger charge is 2.70. The van der Waals surface area contributed by atoms with Crippen LogP contribution in [0.4, 0.5) is 17.6 Å². The van der Waals surface area contributed by atoms with E-state index in [0.717, 1.165) is 12.3 Å². The van der Waals surface area contributed by atoms with Crippen LogP contribution in [0, 0.1) is 5.82 Å². The summed E-state index contributed by atoms with van der Waals surface area (Å²) >= 11 is 5.77. The number of carbonyl (C=O) groups excluding carboxylic acids is 1. The van der Waals surface area contributed by atoms with Crippen molar-refractivity contribution in [2.45, 2.75) is 55.3 Å². The largest absolute Gasteiger partial charge is 0.504 e. The lowest BCUT2D eigenvalue weighted by Crippen LogP contribution is -2.79. The Kier molecular flexibility index (Phi) is 4.60. The van der Waals surface area contributed by atoms with Crippen LogP contribution in [0.25, 0.3) is 11.3 Å². The standard InChI is InChI=1S/C22H18ClF4N5O3/c23-13-3-12-16(33)5-18(35-17(12)4-14(13)24)19(34)29-20-8-21(9-20,10-20)32-7-11(6-28-32)15-1-2-31(30-15)22(25,26)27/h1-4,6-7,16,18,33H,5,8-10H2,(H,29,34)/t16-,18-,20?,21?/m1/s1. The van der Waals surface area contributed by atoms with Crippen molar-refractivity contribution in [3.63, 3.8) is 0 Å². The summed E-state index contributed by atoms with van der Waals surface area (Å²) in [6, 6.07) is 3.63. The Morgan fingerprint density at radius 3 is 2.71 bits per heavy atom. The summed E-state index contributed by atoms with van der Waals surface area (Å²) in [5.41, 5.74) is 0.193. The van der Waals surface area contributed by atoms with Gasteiger partial charge in [0, 0.05) is 41.5 Å². The van der Waals surface area contributed by atoms with Gasteiger partial charge in [-0.3, -0.25) is 9.48 Å². The molecule has 2 N–H and O–H groups in total. The molecule has 1 aliphatic heterocycles. The third-order valence-electron chi connectivity index (χ3n) is 7.01. The van der Waals surface area contributed by atoms with Crippen LogP contribution >= 0.6 is 11.6 Å². The predicted octanol–water partition coefficient (Wildman–Crippen LogP) is 3.65. The molecule has 8 nitrogen and oxygen atoms in total. The van der Waals surface area contributed by atoms with E-state index in [0.29, 0.717) is 30.4 Å². The number of hydrogen-bond donors (Lipinski definition) is 2. The molecular formula is C22H18ClF4N5O3. The van der Waals surface area contributed by atoms with Gasteiger partial charge < -0.3 is 15.2 Å². The molecule has 0 saturated heterocycles. The molecule has 2 atom stereocenters. The van der Waals surface area contributed by atoms with E-state index >= 15 is 0 Å². The van der Waals surface area contributed by atoms with E-state index in [-0.39, 0.29) is 33.1 Å². The fourth-order valence-corrected chi connectivity index (χ4v) is 5.56. The molecule has 3 fully saturated rings. The summed E-state index contributed by atoms with van der Waals surface area (Å²) in [4.78, 5) is 12.9. The molecule has 4 aliphatic rings. The van der Waals surface area contributed by atoms with Gasteiger partial charge in [-0.2, -0.15) is 14.9 Å². The molecule has 3 aromatic rings. The molecule has 0 radical (unpaired) electrons. The summed E-state index contributed by atoms with van der Waals surface area (Å²) in [5, 5.41) is 21.1. The number of rotatable bonds is 4. The first-order chi connectivity index (χ1) is 16.5. The van der Waals surface area contributed by atoms with Gasteiger partial charge in [-0.1, -0.05) is 11.6 Å². The zero-order chi connectivity index (χ0) is 24.8. The maximum atomic E-state index is 13.8. The monoisotopic (exact) mass is 511 g/mol. The Hall–Kier alpha value is -3.12. The maximum absolute atomic E-state index is 13.8. The number of nitrogens with one attached hydrogen (secondary N) is 1. The molecule has 7 rings (SSSR count). The molecule has 3 heterocycles. The number of aromatic nitrogens is 4. The number of amides is 1. The number of alkyl halides is 3. The van der Waals surface area contributed by atoms with Crippen molar-refractivity contribution in [1.82, 2.24) is 24.9 Å². The normalized spacial score (nSPS) is 29.0. The van der Waals surface area contributed by atoms with E-state index in [1.165, 1.54) is 18.3 Å². The highest BCUT2D eigenvalue weighted by atomic mass is 35.5. The number of aliphatic hydroxyl groups is 1. The van der Waals surface area contributed by atoms with E-state index in [1.54, 1.807) is 10.9 Å². The molecule has 2 aromatic heterocycles. The van der Waals surface area contributed by atoms with Gasteiger partial charge in [0.25, 0.3) is 5.91 Å². The number of hydrogen-bond acceptors (Lipinski definition) is 5. The number of halogens is 5. The average molecular weight is 512 g/mol. The van der Waals surface area contributed by atoms with Gasteiger partial charge in [0.1, 0.15) is 11.6 Å². The van der Waals surface area contributed by atoms with Crippen molar-refractivity contribution in [2.24, 2.45) is 0 Å². The van der Waals surface area contributed by atoms with Crippen molar-refractivity contribution < 1.29 is 32.2 Å². The van der Waals surface area contributed by atoms with E-state index in [1.807, 2.05) is 0 Å². The predicted molar refractivity (Wildman–Crippen MR) is 113 cm³/mol. The van der Waals surface area contributed by atoms with Crippen molar-refractivity contribution >= 4 is 17.5 Å². The smallest absolute Gasteiger partial charge is 0.480 e. The van der Waals surface area contributed by atoms with E-state index in [9.17, 15) is 27.5 Å². The molecule has 184 valence electrons. The maximum Gasteiger partial charge on any atom is 0.504 e. The fraction of sp³-hybridized carbons (Fsp3) is 0.409. The summed E-state index contributed by atoms with van der Waals surface area (Å²) in [6.07, 6.45) is -0.814. The lowest BCUT2D eigenvalue weighted by atomic mass is 9.44. The minimum atomic E-state index is -4.59. The van der Waals surface area contributed by atoms with Crippen molar-refractivity contribution in [2.75, 3.05) is 0 Å². The number of fused-ring (bicyclic) bond motifs is 1. The summed E-state index contributed by atoms with van der Waals surface area (Å²) in [5.74, 6) is -1.03. The van der Waals surface area contributed by atoms with Crippen molar-refractivity contribution in [1.29, 1.82) is 0 Å². The zero-order valence-electron chi connectivity index (χ0n) is 17.9. The highest BCUT2D eigenvalue weighted by molar-refractivity contribution is 6.30. The molecule has 13 heteroatoms. The highest BCUT2D eigenvalue weighted by Crippen LogP contribution is 2.65. The first-order valence-corrected chi connectivity index (χ1v) is 11.2. The van der Waals surface area contributed by atoms with E-state index < -0.39 is 35.8 Å². The minimum absolute atomic E-state index is 0.00903. The lowest BCUT2D eigenvalue weighted by Gasteiger charge is -2.70. The Labute approximate surface area is 200 Å². The third-order valence-corrected chi connectivity index (χ3v) is 7.30.